The summed E-state index contributed by atoms with van der Waals surface area (Å²) in [4.78, 5) is 23.4. The summed E-state index contributed by atoms with van der Waals surface area (Å²) in [5, 5.41) is 12.0. The SMILES string of the molecule is CCOc1cccc(NC(=O)/C(C#N)=C\c2ccc(OCC(=O)OC)cc2)c1. The number of ether oxygens (including phenoxy) is 3. The minimum Gasteiger partial charge on any atom is -0.494 e. The number of nitrogens with zero attached hydrogens (tertiary/aromatic N) is 1. The molecule has 7 nitrogen and oxygen atoms in total. The molecule has 2 aromatic carbocycles. The zero-order valence-corrected chi connectivity index (χ0v) is 15.6. The van der Waals surface area contributed by atoms with Crippen LogP contribution in [0.1, 0.15) is 12.5 Å². The Morgan fingerprint density at radius 3 is 2.50 bits per heavy atom. The first-order valence-electron chi connectivity index (χ1n) is 8.51. The van der Waals surface area contributed by atoms with Crippen molar-refractivity contribution in [3.63, 3.8) is 0 Å². The quantitative estimate of drug-likeness (QED) is 0.429. The molecule has 0 aliphatic carbocycles. The average Bonchev–Trinajstić information content (AvgIpc) is 2.71. The van der Waals surface area contributed by atoms with E-state index in [2.05, 4.69) is 10.1 Å². The van der Waals surface area contributed by atoms with Gasteiger partial charge in [-0.25, -0.2) is 4.79 Å². The summed E-state index contributed by atoms with van der Waals surface area (Å²) >= 11 is 0. The molecule has 0 unspecified atom stereocenters. The lowest BCUT2D eigenvalue weighted by Gasteiger charge is -2.08. The highest BCUT2D eigenvalue weighted by Gasteiger charge is 2.10. The van der Waals surface area contributed by atoms with Crippen LogP contribution in [0.3, 0.4) is 0 Å². The van der Waals surface area contributed by atoms with E-state index in [4.69, 9.17) is 9.47 Å². The summed E-state index contributed by atoms with van der Waals surface area (Å²) in [5.41, 5.74) is 1.12. The predicted molar refractivity (Wildman–Crippen MR) is 104 cm³/mol. The molecule has 0 bridgehead atoms. The maximum Gasteiger partial charge on any atom is 0.343 e. The molecule has 0 aromatic heterocycles. The molecule has 7 heteroatoms. The molecule has 0 atom stereocenters. The maximum absolute atomic E-state index is 12.4. The molecule has 2 rings (SSSR count). The molecular formula is C21H20N2O5. The average molecular weight is 380 g/mol. The van der Waals surface area contributed by atoms with Crippen molar-refractivity contribution in [1.29, 1.82) is 5.26 Å². The van der Waals surface area contributed by atoms with Gasteiger partial charge in [0.25, 0.3) is 5.91 Å². The van der Waals surface area contributed by atoms with Crippen molar-refractivity contribution >= 4 is 23.6 Å². The van der Waals surface area contributed by atoms with Crippen LogP contribution in [0.4, 0.5) is 5.69 Å². The number of amides is 1. The smallest absolute Gasteiger partial charge is 0.343 e. The van der Waals surface area contributed by atoms with E-state index in [1.165, 1.54) is 13.2 Å². The molecule has 0 saturated carbocycles. The largest absolute Gasteiger partial charge is 0.494 e. The lowest BCUT2D eigenvalue weighted by Crippen LogP contribution is -2.13. The van der Waals surface area contributed by atoms with E-state index in [1.807, 2.05) is 13.0 Å². The second-order valence-corrected chi connectivity index (χ2v) is 5.52. The van der Waals surface area contributed by atoms with Gasteiger partial charge in [-0.1, -0.05) is 18.2 Å². The third-order valence-electron chi connectivity index (χ3n) is 3.54. The first-order chi connectivity index (χ1) is 13.5. The number of rotatable bonds is 8. The number of carbonyl (C=O) groups is 2. The minimum atomic E-state index is -0.526. The van der Waals surface area contributed by atoms with E-state index in [-0.39, 0.29) is 12.2 Å². The molecular weight excluding hydrogens is 360 g/mol. The molecule has 0 heterocycles. The summed E-state index contributed by atoms with van der Waals surface area (Å²) in [6.07, 6.45) is 1.46. The van der Waals surface area contributed by atoms with Crippen LogP contribution in [-0.4, -0.2) is 32.2 Å². The zero-order chi connectivity index (χ0) is 20.4. The van der Waals surface area contributed by atoms with Crippen LogP contribution in [-0.2, 0) is 14.3 Å². The number of anilines is 1. The minimum absolute atomic E-state index is 0.0509. The van der Waals surface area contributed by atoms with E-state index in [9.17, 15) is 14.9 Å². The molecule has 0 radical (unpaired) electrons. The van der Waals surface area contributed by atoms with Gasteiger partial charge in [-0.3, -0.25) is 4.79 Å². The molecule has 0 spiro atoms. The number of esters is 1. The third kappa shape index (κ3) is 6.18. The van der Waals surface area contributed by atoms with Gasteiger partial charge in [-0.15, -0.1) is 0 Å². The number of nitriles is 1. The summed E-state index contributed by atoms with van der Waals surface area (Å²) in [6.45, 7) is 2.19. The second kappa shape index (κ2) is 10.4. The molecule has 0 aliphatic heterocycles. The lowest BCUT2D eigenvalue weighted by molar-refractivity contribution is -0.142. The molecule has 144 valence electrons. The Morgan fingerprint density at radius 1 is 1.11 bits per heavy atom. The first-order valence-corrected chi connectivity index (χ1v) is 8.51. The normalized spacial score (nSPS) is 10.5. The van der Waals surface area contributed by atoms with E-state index < -0.39 is 11.9 Å². The molecule has 0 aliphatic rings. The molecule has 28 heavy (non-hydrogen) atoms. The van der Waals surface area contributed by atoms with Gasteiger partial charge in [0.2, 0.25) is 0 Å². The van der Waals surface area contributed by atoms with Crippen molar-refractivity contribution in [3.8, 4) is 17.6 Å². The third-order valence-corrected chi connectivity index (χ3v) is 3.54. The Morgan fingerprint density at radius 2 is 1.86 bits per heavy atom. The van der Waals surface area contributed by atoms with Crippen LogP contribution in [0.2, 0.25) is 0 Å². The topological polar surface area (TPSA) is 97.6 Å². The van der Waals surface area contributed by atoms with Gasteiger partial charge in [0, 0.05) is 11.8 Å². The van der Waals surface area contributed by atoms with E-state index in [0.717, 1.165) is 0 Å². The fraction of sp³-hybridized carbons (Fsp3) is 0.190. The zero-order valence-electron chi connectivity index (χ0n) is 15.6. The Labute approximate surface area is 163 Å². The maximum atomic E-state index is 12.4. The van der Waals surface area contributed by atoms with Crippen molar-refractivity contribution in [1.82, 2.24) is 0 Å². The van der Waals surface area contributed by atoms with Gasteiger partial charge >= 0.3 is 5.97 Å². The van der Waals surface area contributed by atoms with E-state index in [1.54, 1.807) is 48.5 Å². The molecule has 1 N–H and O–H groups in total. The Kier molecular flexibility index (Phi) is 7.61. The van der Waals surface area contributed by atoms with E-state index >= 15 is 0 Å². The Bertz CT molecular complexity index is 898. The van der Waals surface area contributed by atoms with Crippen LogP contribution in [0, 0.1) is 11.3 Å². The van der Waals surface area contributed by atoms with Crippen molar-refractivity contribution in [2.75, 3.05) is 25.6 Å². The number of benzene rings is 2. The van der Waals surface area contributed by atoms with Gasteiger partial charge < -0.3 is 19.5 Å². The van der Waals surface area contributed by atoms with Crippen molar-refractivity contribution < 1.29 is 23.8 Å². The van der Waals surface area contributed by atoms with Gasteiger partial charge in [0.15, 0.2) is 6.61 Å². The summed E-state index contributed by atoms with van der Waals surface area (Å²) < 4.78 is 15.1. The fourth-order valence-corrected chi connectivity index (χ4v) is 2.21. The molecule has 2 aromatic rings. The number of carbonyl (C=O) groups excluding carboxylic acids is 2. The monoisotopic (exact) mass is 380 g/mol. The fourth-order valence-electron chi connectivity index (χ4n) is 2.21. The van der Waals surface area contributed by atoms with Crippen LogP contribution in [0.25, 0.3) is 6.08 Å². The highest BCUT2D eigenvalue weighted by Crippen LogP contribution is 2.19. The number of methoxy groups -OCH3 is 1. The summed E-state index contributed by atoms with van der Waals surface area (Å²) in [7, 11) is 1.28. The summed E-state index contributed by atoms with van der Waals surface area (Å²) in [6, 6.07) is 15.4. The van der Waals surface area contributed by atoms with Crippen LogP contribution in [0.15, 0.2) is 54.1 Å². The van der Waals surface area contributed by atoms with Crippen molar-refractivity contribution in [2.45, 2.75) is 6.92 Å². The lowest BCUT2D eigenvalue weighted by atomic mass is 10.1. The van der Waals surface area contributed by atoms with Crippen LogP contribution < -0.4 is 14.8 Å². The second-order valence-electron chi connectivity index (χ2n) is 5.52. The number of hydrogen-bond donors (Lipinski definition) is 1. The van der Waals surface area contributed by atoms with Gasteiger partial charge in [0.1, 0.15) is 23.1 Å². The number of nitrogens with one attached hydrogen (secondary N) is 1. The predicted octanol–water partition coefficient (Wildman–Crippen LogP) is 3.18. The highest BCUT2D eigenvalue weighted by molar-refractivity contribution is 6.09. The standard InChI is InChI=1S/C21H20N2O5/c1-3-27-19-6-4-5-17(12-19)23-21(25)16(13-22)11-15-7-9-18(10-8-15)28-14-20(24)26-2/h4-12H,3,14H2,1-2H3,(H,23,25)/b16-11-. The highest BCUT2D eigenvalue weighted by atomic mass is 16.6. The van der Waals surface area contributed by atoms with Crippen LogP contribution in [0.5, 0.6) is 11.5 Å². The molecule has 0 saturated heterocycles. The summed E-state index contributed by atoms with van der Waals surface area (Å²) in [5.74, 6) is 0.0894. The van der Waals surface area contributed by atoms with Crippen molar-refractivity contribution in [2.24, 2.45) is 0 Å². The van der Waals surface area contributed by atoms with Gasteiger partial charge in [-0.2, -0.15) is 5.26 Å². The van der Waals surface area contributed by atoms with E-state index in [0.29, 0.717) is 29.4 Å². The first kappa shape index (κ1) is 20.5. The Balaban J connectivity index is 2.06. The molecule has 1 amide bonds. The van der Waals surface area contributed by atoms with Crippen LogP contribution >= 0.6 is 0 Å². The van der Waals surface area contributed by atoms with Crippen molar-refractivity contribution in [3.05, 3.63) is 59.7 Å². The van der Waals surface area contributed by atoms with Gasteiger partial charge in [0.05, 0.1) is 13.7 Å². The number of hydrogen-bond acceptors (Lipinski definition) is 6. The Hall–Kier alpha value is -3.79. The van der Waals surface area contributed by atoms with Gasteiger partial charge in [-0.05, 0) is 42.8 Å². The molecule has 0 fully saturated rings.